The van der Waals surface area contributed by atoms with E-state index in [4.69, 9.17) is 11.6 Å². The Labute approximate surface area is 77.8 Å². The molecule has 0 aliphatic carbocycles. The molecule has 0 bridgehead atoms. The lowest BCUT2D eigenvalue weighted by Crippen LogP contribution is -1.89. The Hall–Kier alpha value is -0.760. The van der Waals surface area contributed by atoms with Crippen LogP contribution in [0, 0.1) is 0 Å². The van der Waals surface area contributed by atoms with Gasteiger partial charge in [-0.1, -0.05) is 12.2 Å². The summed E-state index contributed by atoms with van der Waals surface area (Å²) >= 11 is 5.52. The monoisotopic (exact) mass is 184 g/mol. The third kappa shape index (κ3) is 3.09. The summed E-state index contributed by atoms with van der Waals surface area (Å²) in [6.45, 7) is 0. The Bertz CT molecular complexity index is 253. The highest BCUT2D eigenvalue weighted by Crippen LogP contribution is 1.97. The summed E-state index contributed by atoms with van der Waals surface area (Å²) in [5.41, 5.74) is 1.10. The second-order valence-corrected chi connectivity index (χ2v) is 3.01. The summed E-state index contributed by atoms with van der Waals surface area (Å²) in [6.07, 6.45) is 7.98. The number of rotatable bonds is 4. The van der Waals surface area contributed by atoms with Crippen LogP contribution in [0.3, 0.4) is 0 Å². The quantitative estimate of drug-likeness (QED) is 0.518. The zero-order valence-corrected chi connectivity index (χ0v) is 7.96. The molecular formula is C9H13ClN2. The van der Waals surface area contributed by atoms with Crippen molar-refractivity contribution in [1.82, 2.24) is 9.78 Å². The zero-order chi connectivity index (χ0) is 8.81. The van der Waals surface area contributed by atoms with Gasteiger partial charge in [0.05, 0.1) is 5.69 Å². The molecule has 0 spiro atoms. The molecule has 1 rings (SSSR count). The van der Waals surface area contributed by atoms with Crippen molar-refractivity contribution in [2.24, 2.45) is 7.05 Å². The molecule has 0 atom stereocenters. The molecule has 12 heavy (non-hydrogen) atoms. The van der Waals surface area contributed by atoms with Gasteiger partial charge in [-0.3, -0.25) is 4.68 Å². The van der Waals surface area contributed by atoms with E-state index in [1.807, 2.05) is 24.0 Å². The van der Waals surface area contributed by atoms with Gasteiger partial charge >= 0.3 is 0 Å². The first-order chi connectivity index (χ1) is 5.83. The maximum atomic E-state index is 5.52. The number of nitrogens with zero attached hydrogens (tertiary/aromatic N) is 2. The van der Waals surface area contributed by atoms with Crippen LogP contribution >= 0.6 is 11.6 Å². The van der Waals surface area contributed by atoms with Crippen LogP contribution in [0.4, 0.5) is 0 Å². The summed E-state index contributed by atoms with van der Waals surface area (Å²) in [5.74, 6) is 0.693. The second kappa shape index (κ2) is 4.99. The van der Waals surface area contributed by atoms with Gasteiger partial charge in [0.1, 0.15) is 0 Å². The number of hydrogen-bond donors (Lipinski definition) is 0. The Morgan fingerprint density at radius 1 is 1.58 bits per heavy atom. The van der Waals surface area contributed by atoms with E-state index in [9.17, 15) is 0 Å². The van der Waals surface area contributed by atoms with E-state index >= 15 is 0 Å². The Morgan fingerprint density at radius 3 is 3.00 bits per heavy atom. The highest BCUT2D eigenvalue weighted by atomic mass is 35.5. The molecule has 0 amide bonds. The molecule has 3 heteroatoms. The Kier molecular flexibility index (Phi) is 3.88. The van der Waals surface area contributed by atoms with Crippen LogP contribution in [-0.4, -0.2) is 15.7 Å². The molecule has 1 aromatic rings. The minimum atomic E-state index is 0.693. The van der Waals surface area contributed by atoms with Crippen molar-refractivity contribution in [3.05, 3.63) is 30.1 Å². The minimum Gasteiger partial charge on any atom is -0.276 e. The van der Waals surface area contributed by atoms with E-state index in [0.29, 0.717) is 5.88 Å². The van der Waals surface area contributed by atoms with E-state index in [1.54, 1.807) is 0 Å². The summed E-state index contributed by atoms with van der Waals surface area (Å²) in [5, 5.41) is 4.24. The molecule has 0 N–H and O–H groups in total. The van der Waals surface area contributed by atoms with Crippen LogP contribution in [0.2, 0.25) is 0 Å². The Morgan fingerprint density at radius 2 is 2.42 bits per heavy atom. The molecule has 0 aliphatic rings. The molecule has 1 heterocycles. The third-order valence-corrected chi connectivity index (χ3v) is 1.76. The van der Waals surface area contributed by atoms with Crippen LogP contribution in [-0.2, 0) is 13.5 Å². The standard InChI is InChI=1S/C9H13ClN2/c1-12-8-6-9(11-12)5-3-2-4-7-10/h2-3,6,8H,4-5,7H2,1H3/b3-2+. The number of aryl methyl sites for hydroxylation is 1. The van der Waals surface area contributed by atoms with Crippen LogP contribution in [0.25, 0.3) is 0 Å². The van der Waals surface area contributed by atoms with E-state index < -0.39 is 0 Å². The lowest BCUT2D eigenvalue weighted by Gasteiger charge is -1.87. The van der Waals surface area contributed by atoms with Crippen LogP contribution in [0.15, 0.2) is 24.4 Å². The average molecular weight is 185 g/mol. The summed E-state index contributed by atoms with van der Waals surface area (Å²) < 4.78 is 1.81. The first-order valence-electron chi connectivity index (χ1n) is 4.02. The summed E-state index contributed by atoms with van der Waals surface area (Å²) in [7, 11) is 1.92. The van der Waals surface area contributed by atoms with Crippen molar-refractivity contribution in [3.63, 3.8) is 0 Å². The molecule has 0 aromatic carbocycles. The van der Waals surface area contributed by atoms with E-state index in [-0.39, 0.29) is 0 Å². The van der Waals surface area contributed by atoms with Crippen LogP contribution in [0.5, 0.6) is 0 Å². The van der Waals surface area contributed by atoms with E-state index in [0.717, 1.165) is 18.5 Å². The van der Waals surface area contributed by atoms with Gasteiger partial charge in [-0.25, -0.2) is 0 Å². The number of allylic oxidation sites excluding steroid dienone is 2. The lowest BCUT2D eigenvalue weighted by molar-refractivity contribution is 0.750. The van der Waals surface area contributed by atoms with E-state index in [2.05, 4.69) is 17.3 Å². The molecular weight excluding hydrogens is 172 g/mol. The first kappa shape index (κ1) is 9.33. The predicted molar refractivity (Wildman–Crippen MR) is 51.4 cm³/mol. The normalized spacial score (nSPS) is 11.2. The topological polar surface area (TPSA) is 17.8 Å². The zero-order valence-electron chi connectivity index (χ0n) is 7.20. The highest BCUT2D eigenvalue weighted by Gasteiger charge is 1.91. The predicted octanol–water partition coefficient (Wildman–Crippen LogP) is 2.15. The average Bonchev–Trinajstić information content (AvgIpc) is 2.45. The van der Waals surface area contributed by atoms with Crippen LogP contribution in [0.1, 0.15) is 12.1 Å². The fourth-order valence-electron chi connectivity index (χ4n) is 0.957. The van der Waals surface area contributed by atoms with Crippen molar-refractivity contribution in [2.75, 3.05) is 5.88 Å². The molecule has 66 valence electrons. The minimum absolute atomic E-state index is 0.693. The van der Waals surface area contributed by atoms with Crippen LogP contribution < -0.4 is 0 Å². The number of halogens is 1. The van der Waals surface area contributed by atoms with Gasteiger partial charge in [0.15, 0.2) is 0 Å². The van der Waals surface area contributed by atoms with Crippen molar-refractivity contribution in [3.8, 4) is 0 Å². The van der Waals surface area contributed by atoms with Gasteiger partial charge in [-0.05, 0) is 12.5 Å². The van der Waals surface area contributed by atoms with Gasteiger partial charge in [-0.2, -0.15) is 5.10 Å². The Balaban J connectivity index is 2.33. The summed E-state index contributed by atoms with van der Waals surface area (Å²) in [4.78, 5) is 0. The fourth-order valence-corrected chi connectivity index (χ4v) is 1.08. The molecule has 0 fully saturated rings. The van der Waals surface area contributed by atoms with Gasteiger partial charge < -0.3 is 0 Å². The maximum absolute atomic E-state index is 5.52. The van der Waals surface area contributed by atoms with Gasteiger partial charge in [0.25, 0.3) is 0 Å². The van der Waals surface area contributed by atoms with Gasteiger partial charge in [0, 0.05) is 25.5 Å². The summed E-state index contributed by atoms with van der Waals surface area (Å²) in [6, 6.07) is 2.02. The molecule has 0 saturated heterocycles. The van der Waals surface area contributed by atoms with Crippen molar-refractivity contribution < 1.29 is 0 Å². The second-order valence-electron chi connectivity index (χ2n) is 2.63. The smallest absolute Gasteiger partial charge is 0.0662 e. The molecule has 2 nitrogen and oxygen atoms in total. The van der Waals surface area contributed by atoms with Crippen molar-refractivity contribution >= 4 is 11.6 Å². The molecule has 0 radical (unpaired) electrons. The molecule has 0 saturated carbocycles. The highest BCUT2D eigenvalue weighted by molar-refractivity contribution is 6.17. The molecule has 0 unspecified atom stereocenters. The van der Waals surface area contributed by atoms with Crippen molar-refractivity contribution in [2.45, 2.75) is 12.8 Å². The molecule has 0 aliphatic heterocycles. The SMILES string of the molecule is Cn1ccc(C/C=C/CCCl)n1. The van der Waals surface area contributed by atoms with Crippen molar-refractivity contribution in [1.29, 1.82) is 0 Å². The first-order valence-corrected chi connectivity index (χ1v) is 4.56. The number of alkyl halides is 1. The van der Waals surface area contributed by atoms with E-state index in [1.165, 1.54) is 0 Å². The third-order valence-electron chi connectivity index (χ3n) is 1.54. The van der Waals surface area contributed by atoms with Gasteiger partial charge in [-0.15, -0.1) is 11.6 Å². The van der Waals surface area contributed by atoms with Gasteiger partial charge in [0.2, 0.25) is 0 Å². The number of aromatic nitrogens is 2. The molecule has 1 aromatic heterocycles. The fraction of sp³-hybridized carbons (Fsp3) is 0.444. The number of hydrogen-bond acceptors (Lipinski definition) is 1. The maximum Gasteiger partial charge on any atom is 0.0662 e. The lowest BCUT2D eigenvalue weighted by atomic mass is 10.3. The largest absolute Gasteiger partial charge is 0.276 e.